The van der Waals surface area contributed by atoms with E-state index in [0.29, 0.717) is 13.0 Å². The van der Waals surface area contributed by atoms with Gasteiger partial charge in [0, 0.05) is 32.3 Å². The first-order valence-corrected chi connectivity index (χ1v) is 5.49. The van der Waals surface area contributed by atoms with Crippen LogP contribution in [0.1, 0.15) is 19.8 Å². The molecule has 0 spiro atoms. The molecule has 0 atom stereocenters. The molecule has 0 aliphatic carbocycles. The second-order valence-corrected chi connectivity index (χ2v) is 4.05. The van der Waals surface area contributed by atoms with E-state index >= 15 is 0 Å². The quantitative estimate of drug-likeness (QED) is 0.691. The summed E-state index contributed by atoms with van der Waals surface area (Å²) in [4.78, 5) is 12.8. The molecule has 3 heteroatoms. The highest BCUT2D eigenvalue weighted by atomic mass is 16.5. The Morgan fingerprint density at radius 3 is 2.75 bits per heavy atom. The monoisotopic (exact) mass is 221 g/mol. The molecule has 1 rings (SSSR count). The zero-order chi connectivity index (χ0) is 12.0. The Balaban J connectivity index is 2.42. The number of ketones is 1. The second-order valence-electron chi connectivity index (χ2n) is 4.05. The first-order valence-electron chi connectivity index (χ1n) is 5.49. The van der Waals surface area contributed by atoms with Crippen LogP contribution >= 0.6 is 0 Å². The van der Waals surface area contributed by atoms with E-state index in [4.69, 9.17) is 4.74 Å². The van der Waals surface area contributed by atoms with Crippen molar-refractivity contribution in [2.24, 2.45) is 0 Å². The second kappa shape index (κ2) is 6.16. The Hall–Kier alpha value is -1.51. The molecule has 0 heterocycles. The number of hydrogen-bond donors (Lipinski definition) is 0. The number of carbonyl (C=O) groups excluding carboxylic acids is 1. The van der Waals surface area contributed by atoms with E-state index in [9.17, 15) is 4.79 Å². The van der Waals surface area contributed by atoms with Crippen molar-refractivity contribution in [3.63, 3.8) is 0 Å². The van der Waals surface area contributed by atoms with E-state index in [1.54, 1.807) is 6.92 Å². The number of nitrogens with zero attached hydrogens (tertiary/aromatic N) is 1. The fraction of sp³-hybridized carbons (Fsp3) is 0.462. The van der Waals surface area contributed by atoms with Gasteiger partial charge in [0.05, 0.1) is 6.61 Å². The lowest BCUT2D eigenvalue weighted by Gasteiger charge is -2.13. The summed E-state index contributed by atoms with van der Waals surface area (Å²) in [5.41, 5.74) is 1.11. The third-order valence-electron chi connectivity index (χ3n) is 2.28. The van der Waals surface area contributed by atoms with Crippen molar-refractivity contribution < 1.29 is 9.53 Å². The van der Waals surface area contributed by atoms with Crippen LogP contribution in [-0.4, -0.2) is 26.5 Å². The average Bonchev–Trinajstić information content (AvgIpc) is 2.24. The summed E-state index contributed by atoms with van der Waals surface area (Å²) >= 11 is 0. The van der Waals surface area contributed by atoms with Gasteiger partial charge >= 0.3 is 0 Å². The molecule has 0 saturated heterocycles. The largest absolute Gasteiger partial charge is 0.494 e. The maximum Gasteiger partial charge on any atom is 0.129 e. The molecule has 0 radical (unpaired) electrons. The lowest BCUT2D eigenvalue weighted by atomic mass is 10.2. The molecule has 0 aliphatic rings. The number of anilines is 1. The van der Waals surface area contributed by atoms with Crippen LogP contribution < -0.4 is 9.64 Å². The molecule has 0 unspecified atom stereocenters. The Bertz CT molecular complexity index is 348. The van der Waals surface area contributed by atoms with Crippen molar-refractivity contribution >= 4 is 11.5 Å². The van der Waals surface area contributed by atoms with Gasteiger partial charge in [-0.2, -0.15) is 0 Å². The number of carbonyl (C=O) groups is 1. The molecule has 16 heavy (non-hydrogen) atoms. The van der Waals surface area contributed by atoms with Crippen molar-refractivity contribution in [3.05, 3.63) is 24.3 Å². The average molecular weight is 221 g/mol. The van der Waals surface area contributed by atoms with Crippen LogP contribution in [0.5, 0.6) is 5.75 Å². The van der Waals surface area contributed by atoms with Gasteiger partial charge in [-0.1, -0.05) is 6.07 Å². The molecule has 0 bridgehead atoms. The molecule has 1 aromatic rings. The third kappa shape index (κ3) is 4.34. The molecule has 1 aromatic carbocycles. The van der Waals surface area contributed by atoms with Gasteiger partial charge in [-0.05, 0) is 25.5 Å². The first-order chi connectivity index (χ1) is 7.59. The molecule has 0 aliphatic heterocycles. The number of Topliss-reactive ketones (excluding diaryl/α,β-unsaturated/α-hetero) is 1. The number of benzene rings is 1. The predicted octanol–water partition coefficient (Wildman–Crippen LogP) is 2.50. The van der Waals surface area contributed by atoms with Gasteiger partial charge in [0.15, 0.2) is 0 Å². The summed E-state index contributed by atoms with van der Waals surface area (Å²) in [6.45, 7) is 2.20. The molecule has 3 nitrogen and oxygen atoms in total. The van der Waals surface area contributed by atoms with Gasteiger partial charge in [0.2, 0.25) is 0 Å². The van der Waals surface area contributed by atoms with E-state index in [-0.39, 0.29) is 5.78 Å². The highest BCUT2D eigenvalue weighted by Crippen LogP contribution is 2.19. The zero-order valence-corrected chi connectivity index (χ0v) is 10.2. The minimum atomic E-state index is 0.214. The van der Waals surface area contributed by atoms with Crippen LogP contribution in [0.15, 0.2) is 24.3 Å². The lowest BCUT2D eigenvalue weighted by molar-refractivity contribution is -0.117. The van der Waals surface area contributed by atoms with Crippen LogP contribution in [0.25, 0.3) is 0 Å². The highest BCUT2D eigenvalue weighted by molar-refractivity contribution is 5.75. The van der Waals surface area contributed by atoms with Crippen molar-refractivity contribution in [2.45, 2.75) is 19.8 Å². The van der Waals surface area contributed by atoms with E-state index in [1.165, 1.54) is 0 Å². The van der Waals surface area contributed by atoms with Crippen LogP contribution in [0, 0.1) is 0 Å². The molecular weight excluding hydrogens is 202 g/mol. The summed E-state index contributed by atoms with van der Waals surface area (Å²) in [7, 11) is 3.99. The Labute approximate surface area is 97.0 Å². The van der Waals surface area contributed by atoms with E-state index in [2.05, 4.69) is 0 Å². The zero-order valence-electron chi connectivity index (χ0n) is 10.2. The van der Waals surface area contributed by atoms with E-state index in [0.717, 1.165) is 17.9 Å². The van der Waals surface area contributed by atoms with Crippen molar-refractivity contribution in [1.82, 2.24) is 0 Å². The van der Waals surface area contributed by atoms with Crippen LogP contribution in [0.2, 0.25) is 0 Å². The Morgan fingerprint density at radius 1 is 1.38 bits per heavy atom. The van der Waals surface area contributed by atoms with Gasteiger partial charge in [0.25, 0.3) is 0 Å². The lowest BCUT2D eigenvalue weighted by Crippen LogP contribution is -2.08. The van der Waals surface area contributed by atoms with Crippen molar-refractivity contribution in [1.29, 1.82) is 0 Å². The topological polar surface area (TPSA) is 29.5 Å². The molecule has 0 saturated carbocycles. The van der Waals surface area contributed by atoms with Gasteiger partial charge in [-0.25, -0.2) is 0 Å². The fourth-order valence-electron chi connectivity index (χ4n) is 1.36. The molecule has 0 aromatic heterocycles. The smallest absolute Gasteiger partial charge is 0.129 e. The standard InChI is InChI=1S/C13H19NO2/c1-11(15)6-5-9-16-13-8-4-7-12(10-13)14(2)3/h4,7-8,10H,5-6,9H2,1-3H3. The van der Waals surface area contributed by atoms with E-state index in [1.807, 2.05) is 43.3 Å². The minimum Gasteiger partial charge on any atom is -0.494 e. The maximum absolute atomic E-state index is 10.7. The number of ether oxygens (including phenoxy) is 1. The highest BCUT2D eigenvalue weighted by Gasteiger charge is 1.99. The maximum atomic E-state index is 10.7. The molecule has 88 valence electrons. The molecule has 0 amide bonds. The van der Waals surface area contributed by atoms with Gasteiger partial charge in [0.1, 0.15) is 11.5 Å². The molecular formula is C13H19NO2. The summed E-state index contributed by atoms with van der Waals surface area (Å²) < 4.78 is 5.57. The summed E-state index contributed by atoms with van der Waals surface area (Å²) in [5, 5.41) is 0. The minimum absolute atomic E-state index is 0.214. The van der Waals surface area contributed by atoms with E-state index < -0.39 is 0 Å². The van der Waals surface area contributed by atoms with Crippen LogP contribution in [-0.2, 0) is 4.79 Å². The normalized spacial score (nSPS) is 9.94. The van der Waals surface area contributed by atoms with Crippen molar-refractivity contribution in [2.75, 3.05) is 25.6 Å². The molecule has 0 fully saturated rings. The number of hydrogen-bond acceptors (Lipinski definition) is 3. The van der Waals surface area contributed by atoms with Gasteiger partial charge < -0.3 is 14.4 Å². The summed E-state index contributed by atoms with van der Waals surface area (Å²) in [6.07, 6.45) is 1.37. The SMILES string of the molecule is CC(=O)CCCOc1cccc(N(C)C)c1. The molecule has 0 N–H and O–H groups in total. The van der Waals surface area contributed by atoms with Crippen LogP contribution in [0.3, 0.4) is 0 Å². The number of rotatable bonds is 6. The summed E-state index contributed by atoms with van der Waals surface area (Å²) in [6, 6.07) is 7.92. The van der Waals surface area contributed by atoms with Crippen molar-refractivity contribution in [3.8, 4) is 5.75 Å². The third-order valence-corrected chi connectivity index (χ3v) is 2.28. The van der Waals surface area contributed by atoms with Crippen LogP contribution in [0.4, 0.5) is 5.69 Å². The summed E-state index contributed by atoms with van der Waals surface area (Å²) in [5.74, 6) is 1.07. The first kappa shape index (κ1) is 12.6. The predicted molar refractivity (Wildman–Crippen MR) is 66.2 cm³/mol. The Morgan fingerprint density at radius 2 is 2.12 bits per heavy atom. The van der Waals surface area contributed by atoms with Gasteiger partial charge in [-0.3, -0.25) is 0 Å². The van der Waals surface area contributed by atoms with Gasteiger partial charge in [-0.15, -0.1) is 0 Å². The fourth-order valence-corrected chi connectivity index (χ4v) is 1.36. The Kier molecular flexibility index (Phi) is 4.83.